The quantitative estimate of drug-likeness (QED) is 0.556. The van der Waals surface area contributed by atoms with Crippen LogP contribution < -0.4 is 0 Å². The van der Waals surface area contributed by atoms with E-state index in [1.165, 1.54) is 0 Å². The summed E-state index contributed by atoms with van der Waals surface area (Å²) in [5.41, 5.74) is 0. The predicted octanol–water partition coefficient (Wildman–Crippen LogP) is 1.51. The molecule has 1 nitrogen and oxygen atoms in total. The largest absolute Gasteiger partial charge is 0.388 e. The summed E-state index contributed by atoms with van der Waals surface area (Å²) in [6.07, 6.45) is 1.17. The van der Waals surface area contributed by atoms with Crippen molar-refractivity contribution >= 4 is 11.6 Å². The van der Waals surface area contributed by atoms with Crippen molar-refractivity contribution in [2.45, 2.75) is 20.0 Å². The molecule has 0 aliphatic carbocycles. The molecule has 0 heterocycles. The zero-order valence-electron chi connectivity index (χ0n) is 4.48. The number of rotatable bonds is 1. The molecule has 7 heavy (non-hydrogen) atoms. The van der Waals surface area contributed by atoms with Crippen molar-refractivity contribution in [3.63, 3.8) is 0 Å². The number of hydrogen-bond acceptors (Lipinski definition) is 1. The lowest BCUT2D eigenvalue weighted by Gasteiger charge is -1.96. The first-order chi connectivity index (χ1) is 3.18. The van der Waals surface area contributed by atoms with E-state index in [1.807, 2.05) is 0 Å². The molecule has 0 bridgehead atoms. The van der Waals surface area contributed by atoms with Gasteiger partial charge in [-0.05, 0) is 13.8 Å². The zero-order valence-corrected chi connectivity index (χ0v) is 5.24. The Morgan fingerprint density at radius 3 is 2.29 bits per heavy atom. The van der Waals surface area contributed by atoms with E-state index >= 15 is 0 Å². The van der Waals surface area contributed by atoms with Crippen LogP contribution >= 0.6 is 11.6 Å². The molecule has 0 aliphatic rings. The minimum Gasteiger partial charge on any atom is -0.388 e. The number of aliphatic hydroxyl groups is 1. The predicted molar refractivity (Wildman–Crippen MR) is 31.3 cm³/mol. The fraction of sp³-hybridized carbons (Fsp3) is 0.600. The molecule has 0 saturated carbocycles. The van der Waals surface area contributed by atoms with Crippen LogP contribution in [0.25, 0.3) is 0 Å². The Balaban J connectivity index is 3.56. The highest BCUT2D eigenvalue weighted by atomic mass is 35.5. The molecule has 1 N–H and O–H groups in total. The molecule has 0 radical (unpaired) electrons. The highest BCUT2D eigenvalue weighted by molar-refractivity contribution is 6.30. The first-order valence-electron chi connectivity index (χ1n) is 2.18. The summed E-state index contributed by atoms with van der Waals surface area (Å²) < 4.78 is 0. The van der Waals surface area contributed by atoms with E-state index in [-0.39, 0.29) is 0 Å². The second-order valence-electron chi connectivity index (χ2n) is 1.35. The Labute approximate surface area is 48.6 Å². The van der Waals surface area contributed by atoms with Gasteiger partial charge in [0, 0.05) is 5.03 Å². The van der Waals surface area contributed by atoms with E-state index in [0.717, 1.165) is 0 Å². The van der Waals surface area contributed by atoms with Crippen molar-refractivity contribution in [1.29, 1.82) is 0 Å². The van der Waals surface area contributed by atoms with Gasteiger partial charge in [0.05, 0.1) is 6.10 Å². The fourth-order valence-corrected chi connectivity index (χ4v) is 0.241. The fourth-order valence-electron chi connectivity index (χ4n) is 0.241. The van der Waals surface area contributed by atoms with E-state index in [2.05, 4.69) is 0 Å². The molecule has 0 amide bonds. The number of aliphatic hydroxyl groups excluding tert-OH is 1. The third-order valence-corrected chi connectivity index (χ3v) is 1.21. The lowest BCUT2D eigenvalue weighted by Crippen LogP contribution is -1.97. The van der Waals surface area contributed by atoms with Crippen LogP contribution in [0, 0.1) is 0 Å². The summed E-state index contributed by atoms with van der Waals surface area (Å²) in [4.78, 5) is 0. The van der Waals surface area contributed by atoms with E-state index in [9.17, 15) is 0 Å². The maximum Gasteiger partial charge on any atom is 0.0864 e. The van der Waals surface area contributed by atoms with E-state index in [1.54, 1.807) is 19.9 Å². The Hall–Kier alpha value is -0.0100. The molecule has 0 rings (SSSR count). The number of allylic oxidation sites excluding steroid dienone is 1. The third kappa shape index (κ3) is 2.66. The Kier molecular flexibility index (Phi) is 3.05. The summed E-state index contributed by atoms with van der Waals surface area (Å²) in [7, 11) is 0. The minimum atomic E-state index is -0.508. The van der Waals surface area contributed by atoms with Gasteiger partial charge in [-0.15, -0.1) is 0 Å². The Morgan fingerprint density at radius 1 is 1.86 bits per heavy atom. The zero-order chi connectivity index (χ0) is 5.86. The second kappa shape index (κ2) is 3.05. The molecular weight excluding hydrogens is 112 g/mol. The normalized spacial score (nSPS) is 16.9. The van der Waals surface area contributed by atoms with Gasteiger partial charge in [-0.2, -0.15) is 0 Å². The summed E-state index contributed by atoms with van der Waals surface area (Å²) in [6.45, 7) is 3.41. The van der Waals surface area contributed by atoms with Gasteiger partial charge in [0.2, 0.25) is 0 Å². The van der Waals surface area contributed by atoms with Gasteiger partial charge in [-0.1, -0.05) is 17.7 Å². The monoisotopic (exact) mass is 120 g/mol. The molecule has 0 aromatic carbocycles. The van der Waals surface area contributed by atoms with Crippen LogP contribution in [0.2, 0.25) is 0 Å². The van der Waals surface area contributed by atoms with Crippen molar-refractivity contribution in [2.75, 3.05) is 0 Å². The van der Waals surface area contributed by atoms with Crippen LogP contribution in [0.5, 0.6) is 0 Å². The molecule has 0 fully saturated rings. The molecule has 1 unspecified atom stereocenters. The lowest BCUT2D eigenvalue weighted by atomic mass is 10.4. The molecule has 0 spiro atoms. The lowest BCUT2D eigenvalue weighted by molar-refractivity contribution is 0.239. The van der Waals surface area contributed by atoms with E-state index in [0.29, 0.717) is 5.03 Å². The standard InChI is InChI=1S/C5H9ClO/c1-3-5(6)4(2)7/h3-4,7H,1-2H3/b5-3-. The van der Waals surface area contributed by atoms with Crippen LogP contribution in [-0.2, 0) is 0 Å². The van der Waals surface area contributed by atoms with Crippen molar-refractivity contribution < 1.29 is 5.11 Å². The van der Waals surface area contributed by atoms with Crippen molar-refractivity contribution in [3.8, 4) is 0 Å². The molecular formula is C5H9ClO. The van der Waals surface area contributed by atoms with Crippen LogP contribution in [0.3, 0.4) is 0 Å². The third-order valence-electron chi connectivity index (χ3n) is 0.675. The van der Waals surface area contributed by atoms with Crippen LogP contribution in [0.1, 0.15) is 13.8 Å². The molecule has 2 heteroatoms. The van der Waals surface area contributed by atoms with Crippen molar-refractivity contribution in [2.24, 2.45) is 0 Å². The van der Waals surface area contributed by atoms with E-state index < -0.39 is 6.10 Å². The maximum atomic E-state index is 8.62. The second-order valence-corrected chi connectivity index (χ2v) is 1.79. The van der Waals surface area contributed by atoms with Crippen molar-refractivity contribution in [3.05, 3.63) is 11.1 Å². The molecule has 1 atom stereocenters. The summed E-state index contributed by atoms with van der Waals surface area (Å²) in [5.74, 6) is 0. The topological polar surface area (TPSA) is 20.2 Å². The van der Waals surface area contributed by atoms with Gasteiger partial charge >= 0.3 is 0 Å². The molecule has 0 aromatic heterocycles. The van der Waals surface area contributed by atoms with Gasteiger partial charge < -0.3 is 5.11 Å². The van der Waals surface area contributed by atoms with Gasteiger partial charge in [0.1, 0.15) is 0 Å². The van der Waals surface area contributed by atoms with Crippen LogP contribution in [0.4, 0.5) is 0 Å². The van der Waals surface area contributed by atoms with Gasteiger partial charge in [0.15, 0.2) is 0 Å². The summed E-state index contributed by atoms with van der Waals surface area (Å²) >= 11 is 5.41. The average Bonchev–Trinajstić information content (AvgIpc) is 1.65. The minimum absolute atomic E-state index is 0.500. The molecule has 42 valence electrons. The molecule has 0 aliphatic heterocycles. The SMILES string of the molecule is C/C=C(\Cl)C(C)O. The van der Waals surface area contributed by atoms with E-state index in [4.69, 9.17) is 16.7 Å². The Morgan fingerprint density at radius 2 is 2.29 bits per heavy atom. The van der Waals surface area contributed by atoms with Crippen LogP contribution in [0.15, 0.2) is 11.1 Å². The first-order valence-corrected chi connectivity index (χ1v) is 2.56. The average molecular weight is 121 g/mol. The number of hydrogen-bond donors (Lipinski definition) is 1. The first kappa shape index (κ1) is 6.99. The van der Waals surface area contributed by atoms with Crippen LogP contribution in [-0.4, -0.2) is 11.2 Å². The van der Waals surface area contributed by atoms with Crippen molar-refractivity contribution in [1.82, 2.24) is 0 Å². The molecule has 0 aromatic rings. The van der Waals surface area contributed by atoms with Gasteiger partial charge in [-0.25, -0.2) is 0 Å². The summed E-state index contributed by atoms with van der Waals surface area (Å²) in [5, 5.41) is 9.12. The summed E-state index contributed by atoms with van der Waals surface area (Å²) in [6, 6.07) is 0. The maximum absolute atomic E-state index is 8.62. The van der Waals surface area contributed by atoms with Gasteiger partial charge in [0.25, 0.3) is 0 Å². The van der Waals surface area contributed by atoms with Gasteiger partial charge in [-0.3, -0.25) is 0 Å². The highest BCUT2D eigenvalue weighted by Gasteiger charge is 1.95. The highest BCUT2D eigenvalue weighted by Crippen LogP contribution is 2.04. The number of halogens is 1. The smallest absolute Gasteiger partial charge is 0.0864 e. The Bertz CT molecular complexity index is 76.1. The molecule has 0 saturated heterocycles.